The maximum atomic E-state index is 11.6. The predicted octanol–water partition coefficient (Wildman–Crippen LogP) is 0.162. The number of carboxylic acid groups (broad SMARTS) is 1. The third-order valence-electron chi connectivity index (χ3n) is 3.72. The van der Waals surface area contributed by atoms with Crippen LogP contribution in [0.4, 0.5) is 0 Å². The van der Waals surface area contributed by atoms with Gasteiger partial charge in [0.05, 0.1) is 13.2 Å². The van der Waals surface area contributed by atoms with Crippen LogP contribution in [0.25, 0.3) is 0 Å². The summed E-state index contributed by atoms with van der Waals surface area (Å²) in [6.45, 7) is 6.38. The van der Waals surface area contributed by atoms with Gasteiger partial charge in [-0.1, -0.05) is 6.92 Å². The number of nitrogens with zero attached hydrogens (tertiary/aromatic N) is 1. The van der Waals surface area contributed by atoms with E-state index in [0.717, 1.165) is 25.9 Å². The van der Waals surface area contributed by atoms with Crippen LogP contribution in [-0.2, 0) is 9.53 Å². The second kappa shape index (κ2) is 5.33. The summed E-state index contributed by atoms with van der Waals surface area (Å²) in [6, 6.07) is 0. The van der Waals surface area contributed by atoms with Crippen LogP contribution in [0.3, 0.4) is 0 Å². The van der Waals surface area contributed by atoms with Crippen molar-refractivity contribution in [3.8, 4) is 0 Å². The van der Waals surface area contributed by atoms with Crippen molar-refractivity contribution in [2.75, 3.05) is 39.4 Å². The number of nitrogens with one attached hydrogen (secondary N) is 1. The molecule has 1 unspecified atom stereocenters. The summed E-state index contributed by atoms with van der Waals surface area (Å²) in [5.41, 5.74) is -0.744. The molecule has 0 spiro atoms. The van der Waals surface area contributed by atoms with Crippen LogP contribution in [0.1, 0.15) is 19.8 Å². The van der Waals surface area contributed by atoms with Crippen molar-refractivity contribution < 1.29 is 14.6 Å². The van der Waals surface area contributed by atoms with E-state index in [1.807, 2.05) is 6.92 Å². The molecule has 1 heterocycles. The molecule has 1 aliphatic heterocycles. The van der Waals surface area contributed by atoms with Crippen molar-refractivity contribution in [1.82, 2.24) is 10.2 Å². The molecule has 0 aromatic rings. The monoisotopic (exact) mass is 242 g/mol. The number of hydrogen-bond donors (Lipinski definition) is 2. The van der Waals surface area contributed by atoms with Crippen molar-refractivity contribution in [2.45, 2.75) is 25.3 Å². The molecule has 0 amide bonds. The molecule has 2 aliphatic rings. The molecule has 5 nitrogen and oxygen atoms in total. The minimum atomic E-state index is -0.744. The molecule has 1 saturated carbocycles. The van der Waals surface area contributed by atoms with Gasteiger partial charge in [0.1, 0.15) is 5.54 Å². The van der Waals surface area contributed by atoms with Gasteiger partial charge in [-0.2, -0.15) is 0 Å². The molecule has 2 rings (SSSR count). The standard InChI is InChI=1S/C12H22N2O3/c1-2-13-12(11(15)16,10-3-4-10)9-14-5-7-17-8-6-14/h10,13H,2-9H2,1H3,(H,15,16). The lowest BCUT2D eigenvalue weighted by Crippen LogP contribution is -2.61. The van der Waals surface area contributed by atoms with E-state index in [9.17, 15) is 9.90 Å². The van der Waals surface area contributed by atoms with E-state index in [-0.39, 0.29) is 0 Å². The lowest BCUT2D eigenvalue weighted by atomic mass is 9.92. The fourth-order valence-electron chi connectivity index (χ4n) is 2.65. The third kappa shape index (κ3) is 2.78. The molecular formula is C12H22N2O3. The smallest absolute Gasteiger partial charge is 0.325 e. The number of morpholine rings is 1. The number of hydrogen-bond acceptors (Lipinski definition) is 4. The molecule has 98 valence electrons. The zero-order valence-corrected chi connectivity index (χ0v) is 10.4. The molecule has 17 heavy (non-hydrogen) atoms. The summed E-state index contributed by atoms with van der Waals surface area (Å²) in [6.07, 6.45) is 2.06. The first-order chi connectivity index (χ1) is 8.19. The number of rotatable bonds is 6. The highest BCUT2D eigenvalue weighted by atomic mass is 16.5. The maximum absolute atomic E-state index is 11.6. The van der Waals surface area contributed by atoms with Gasteiger partial charge in [0, 0.05) is 19.6 Å². The van der Waals surface area contributed by atoms with Crippen molar-refractivity contribution in [1.29, 1.82) is 0 Å². The first kappa shape index (κ1) is 12.8. The Balaban J connectivity index is 2.05. The molecule has 0 radical (unpaired) electrons. The van der Waals surface area contributed by atoms with Gasteiger partial charge in [-0.3, -0.25) is 9.69 Å². The molecule has 2 fully saturated rings. The highest BCUT2D eigenvalue weighted by molar-refractivity contribution is 5.80. The molecule has 0 aromatic heterocycles. The Morgan fingerprint density at radius 1 is 1.47 bits per heavy atom. The van der Waals surface area contributed by atoms with Gasteiger partial charge in [0.25, 0.3) is 0 Å². The van der Waals surface area contributed by atoms with Gasteiger partial charge >= 0.3 is 5.97 Å². The highest BCUT2D eigenvalue weighted by Gasteiger charge is 2.51. The van der Waals surface area contributed by atoms with Crippen LogP contribution in [0, 0.1) is 5.92 Å². The Morgan fingerprint density at radius 2 is 2.12 bits per heavy atom. The zero-order valence-electron chi connectivity index (χ0n) is 10.4. The summed E-state index contributed by atoms with van der Waals surface area (Å²) >= 11 is 0. The van der Waals surface area contributed by atoms with E-state index in [0.29, 0.717) is 32.2 Å². The van der Waals surface area contributed by atoms with Crippen LogP contribution < -0.4 is 5.32 Å². The fraction of sp³-hybridized carbons (Fsp3) is 0.917. The van der Waals surface area contributed by atoms with Gasteiger partial charge in [-0.25, -0.2) is 0 Å². The maximum Gasteiger partial charge on any atom is 0.325 e. The van der Waals surface area contributed by atoms with Crippen LogP contribution in [0.2, 0.25) is 0 Å². The van der Waals surface area contributed by atoms with Crippen molar-refractivity contribution in [2.24, 2.45) is 5.92 Å². The normalized spacial score (nSPS) is 25.5. The molecule has 1 aliphatic carbocycles. The Hall–Kier alpha value is -0.650. The number of aliphatic carboxylic acids is 1. The Labute approximate surface area is 102 Å². The van der Waals surface area contributed by atoms with E-state index in [2.05, 4.69) is 10.2 Å². The lowest BCUT2D eigenvalue weighted by molar-refractivity contribution is -0.147. The fourth-order valence-corrected chi connectivity index (χ4v) is 2.65. The molecule has 5 heteroatoms. The average Bonchev–Trinajstić information content (AvgIpc) is 3.13. The second-order valence-electron chi connectivity index (χ2n) is 4.97. The van der Waals surface area contributed by atoms with E-state index in [1.165, 1.54) is 0 Å². The van der Waals surface area contributed by atoms with Gasteiger partial charge in [-0.15, -0.1) is 0 Å². The Bertz CT molecular complexity index is 275. The second-order valence-corrected chi connectivity index (χ2v) is 4.97. The first-order valence-electron chi connectivity index (χ1n) is 6.47. The Kier molecular flexibility index (Phi) is 4.01. The summed E-state index contributed by atoms with van der Waals surface area (Å²) < 4.78 is 5.30. The average molecular weight is 242 g/mol. The molecule has 1 atom stereocenters. The van der Waals surface area contributed by atoms with E-state index in [4.69, 9.17) is 4.74 Å². The Morgan fingerprint density at radius 3 is 2.59 bits per heavy atom. The number of ether oxygens (including phenoxy) is 1. The quantitative estimate of drug-likeness (QED) is 0.695. The SMILES string of the molecule is CCNC(CN1CCOCC1)(C(=O)O)C1CC1. The molecule has 1 saturated heterocycles. The van der Waals surface area contributed by atoms with Crippen molar-refractivity contribution in [3.63, 3.8) is 0 Å². The first-order valence-corrected chi connectivity index (χ1v) is 6.47. The number of carbonyl (C=O) groups is 1. The van der Waals surface area contributed by atoms with E-state index >= 15 is 0 Å². The topological polar surface area (TPSA) is 61.8 Å². The van der Waals surface area contributed by atoms with Gasteiger partial charge in [0.15, 0.2) is 0 Å². The number of likely N-dealkylation sites (N-methyl/N-ethyl adjacent to an activating group) is 1. The lowest BCUT2D eigenvalue weighted by Gasteiger charge is -2.37. The minimum Gasteiger partial charge on any atom is -0.480 e. The predicted molar refractivity (Wildman–Crippen MR) is 64.0 cm³/mol. The summed E-state index contributed by atoms with van der Waals surface area (Å²) in [7, 11) is 0. The van der Waals surface area contributed by atoms with Crippen molar-refractivity contribution in [3.05, 3.63) is 0 Å². The minimum absolute atomic E-state index is 0.294. The summed E-state index contributed by atoms with van der Waals surface area (Å²) in [5.74, 6) is -0.406. The molecular weight excluding hydrogens is 220 g/mol. The molecule has 0 aromatic carbocycles. The highest BCUT2D eigenvalue weighted by Crippen LogP contribution is 2.40. The van der Waals surface area contributed by atoms with Crippen LogP contribution in [-0.4, -0.2) is 60.9 Å². The largest absolute Gasteiger partial charge is 0.480 e. The van der Waals surface area contributed by atoms with E-state index in [1.54, 1.807) is 0 Å². The summed E-state index contributed by atoms with van der Waals surface area (Å²) in [4.78, 5) is 13.9. The molecule has 2 N–H and O–H groups in total. The van der Waals surface area contributed by atoms with E-state index < -0.39 is 11.5 Å². The van der Waals surface area contributed by atoms with Gasteiger partial charge < -0.3 is 15.2 Å². The van der Waals surface area contributed by atoms with Crippen LogP contribution in [0.15, 0.2) is 0 Å². The number of carboxylic acids is 1. The molecule has 0 bridgehead atoms. The van der Waals surface area contributed by atoms with Gasteiger partial charge in [0.2, 0.25) is 0 Å². The summed E-state index contributed by atoms with van der Waals surface area (Å²) in [5, 5.41) is 12.8. The third-order valence-corrected chi connectivity index (χ3v) is 3.72. The van der Waals surface area contributed by atoms with Crippen molar-refractivity contribution >= 4 is 5.97 Å². The van der Waals surface area contributed by atoms with Gasteiger partial charge in [-0.05, 0) is 25.3 Å². The zero-order chi connectivity index (χ0) is 12.3. The van der Waals surface area contributed by atoms with Crippen LogP contribution in [0.5, 0.6) is 0 Å². The van der Waals surface area contributed by atoms with Crippen LogP contribution >= 0.6 is 0 Å².